The standard InChI is InChI=1S/C27H29ClF3NO5/c28-16-1-2-21-18(11-16)19(33)12-22(35-21)20(34)13-25-3-6-26(7-4-25,8-5-25)24-32-14-23(36-24)15-9-17(10-15)37-27(29,30)31/h1-2,11,14-15,17,19,22,33H,3-10,12-13H2/t15?,17?,19-,22-,25?,26?/m1/s1. The number of carbonyl (C=O) groups excluding carboxylic acids is 1. The van der Waals surface area contributed by atoms with E-state index in [0.29, 0.717) is 34.4 Å². The Morgan fingerprint density at radius 3 is 2.51 bits per heavy atom. The average Bonchev–Trinajstić information content (AvgIpc) is 3.32. The number of ether oxygens (including phenoxy) is 2. The van der Waals surface area contributed by atoms with Gasteiger partial charge in [0.25, 0.3) is 0 Å². The molecule has 6 nitrogen and oxygen atoms in total. The normalized spacial score (nSPS) is 34.9. The van der Waals surface area contributed by atoms with E-state index >= 15 is 0 Å². The van der Waals surface area contributed by atoms with E-state index in [4.69, 9.17) is 20.8 Å². The number of halogens is 4. The molecule has 1 aromatic carbocycles. The van der Waals surface area contributed by atoms with Crippen LogP contribution in [0.1, 0.15) is 93.4 Å². The third kappa shape index (κ3) is 4.79. The maximum absolute atomic E-state index is 13.3. The molecular weight excluding hydrogens is 511 g/mol. The summed E-state index contributed by atoms with van der Waals surface area (Å²) in [5.41, 5.74) is 0.356. The molecule has 1 N–H and O–H groups in total. The third-order valence-electron chi connectivity index (χ3n) is 9.12. The lowest BCUT2D eigenvalue weighted by molar-refractivity contribution is -0.352. The minimum Gasteiger partial charge on any atom is -0.482 e. The van der Waals surface area contributed by atoms with Gasteiger partial charge in [0.15, 0.2) is 11.9 Å². The summed E-state index contributed by atoms with van der Waals surface area (Å²) in [6.45, 7) is 0. The molecule has 5 aliphatic rings. The van der Waals surface area contributed by atoms with Crippen molar-refractivity contribution in [3.8, 4) is 5.75 Å². The summed E-state index contributed by atoms with van der Waals surface area (Å²) in [6.07, 6.45) is 1.19. The summed E-state index contributed by atoms with van der Waals surface area (Å²) in [6, 6.07) is 5.07. The van der Waals surface area contributed by atoms with Crippen LogP contribution in [0, 0.1) is 5.41 Å². The summed E-state index contributed by atoms with van der Waals surface area (Å²) in [5, 5.41) is 11.1. The van der Waals surface area contributed by atoms with Crippen LogP contribution >= 0.6 is 11.6 Å². The van der Waals surface area contributed by atoms with Crippen LogP contribution in [-0.2, 0) is 14.9 Å². The average molecular weight is 540 g/mol. The Hall–Kier alpha value is -2.10. The fourth-order valence-electron chi connectivity index (χ4n) is 6.75. The number of hydrogen-bond donors (Lipinski definition) is 1. The summed E-state index contributed by atoms with van der Waals surface area (Å²) < 4.78 is 53.4. The summed E-state index contributed by atoms with van der Waals surface area (Å²) >= 11 is 6.03. The van der Waals surface area contributed by atoms with Crippen molar-refractivity contribution in [3.63, 3.8) is 0 Å². The molecule has 0 radical (unpaired) electrons. The third-order valence-corrected chi connectivity index (χ3v) is 9.36. The van der Waals surface area contributed by atoms with Crippen LogP contribution in [0.15, 0.2) is 28.8 Å². The Morgan fingerprint density at radius 2 is 1.84 bits per heavy atom. The zero-order valence-corrected chi connectivity index (χ0v) is 21.0. The van der Waals surface area contributed by atoms with Gasteiger partial charge in [-0.2, -0.15) is 0 Å². The summed E-state index contributed by atoms with van der Waals surface area (Å²) in [5.74, 6) is 1.75. The number of aliphatic hydroxyl groups excluding tert-OH is 1. The monoisotopic (exact) mass is 539 g/mol. The second-order valence-electron chi connectivity index (χ2n) is 11.4. The number of fused-ring (bicyclic) bond motifs is 4. The van der Waals surface area contributed by atoms with Crippen LogP contribution in [0.4, 0.5) is 13.2 Å². The SMILES string of the molecule is O=C(CC12CCC(c3ncc(C4CC(OC(F)(F)F)C4)o3)(CC1)CC2)[C@H]1C[C@@H](O)c2cc(Cl)ccc2O1. The lowest BCUT2D eigenvalue weighted by Gasteiger charge is -2.52. The molecule has 0 amide bonds. The van der Waals surface area contributed by atoms with Crippen molar-refractivity contribution in [2.45, 2.75) is 100 Å². The highest BCUT2D eigenvalue weighted by molar-refractivity contribution is 6.30. The quantitative estimate of drug-likeness (QED) is 0.448. The first-order valence-corrected chi connectivity index (χ1v) is 13.3. The Labute approximate surface area is 217 Å². The maximum Gasteiger partial charge on any atom is 0.522 e. The highest BCUT2D eigenvalue weighted by Gasteiger charge is 2.53. The number of Topliss-reactive ketones (excluding diaryl/α,β-unsaturated/α-hetero) is 1. The highest BCUT2D eigenvalue weighted by Crippen LogP contribution is 2.59. The van der Waals surface area contributed by atoms with E-state index in [1.165, 1.54) is 0 Å². The molecule has 10 heteroatoms. The Bertz CT molecular complexity index is 1170. The van der Waals surface area contributed by atoms with Crippen molar-refractivity contribution >= 4 is 17.4 Å². The molecule has 37 heavy (non-hydrogen) atoms. The second kappa shape index (κ2) is 8.99. The number of aliphatic hydroxyl groups is 1. The minimum atomic E-state index is -4.61. The number of alkyl halides is 3. The van der Waals surface area contributed by atoms with Gasteiger partial charge in [0, 0.05) is 34.8 Å². The molecule has 1 aliphatic heterocycles. The number of benzene rings is 1. The predicted octanol–water partition coefficient (Wildman–Crippen LogP) is 6.55. The van der Waals surface area contributed by atoms with Crippen LogP contribution in [0.25, 0.3) is 0 Å². The Balaban J connectivity index is 1.06. The van der Waals surface area contributed by atoms with Gasteiger partial charge in [0.2, 0.25) is 5.89 Å². The van der Waals surface area contributed by atoms with Gasteiger partial charge in [-0.15, -0.1) is 13.2 Å². The van der Waals surface area contributed by atoms with Gasteiger partial charge in [0.05, 0.1) is 18.4 Å². The first-order valence-electron chi connectivity index (χ1n) is 12.9. The number of aromatic nitrogens is 1. The van der Waals surface area contributed by atoms with E-state index in [2.05, 4.69) is 9.72 Å². The maximum atomic E-state index is 13.3. The molecule has 0 spiro atoms. The van der Waals surface area contributed by atoms with Gasteiger partial charge in [-0.05, 0) is 75.0 Å². The van der Waals surface area contributed by atoms with Gasteiger partial charge in [-0.1, -0.05) is 11.6 Å². The number of ketones is 1. The molecule has 2 atom stereocenters. The Morgan fingerprint density at radius 1 is 1.14 bits per heavy atom. The van der Waals surface area contributed by atoms with Crippen molar-refractivity contribution in [1.82, 2.24) is 4.98 Å². The molecule has 2 heterocycles. The fourth-order valence-corrected chi connectivity index (χ4v) is 6.93. The van der Waals surface area contributed by atoms with E-state index in [9.17, 15) is 23.1 Å². The fraction of sp³-hybridized carbons (Fsp3) is 0.630. The molecule has 4 fully saturated rings. The largest absolute Gasteiger partial charge is 0.522 e. The zero-order chi connectivity index (χ0) is 26.0. The number of nitrogens with zero attached hydrogens (tertiary/aromatic N) is 1. The molecule has 7 rings (SSSR count). The van der Waals surface area contributed by atoms with E-state index < -0.39 is 24.7 Å². The number of rotatable bonds is 6. The number of hydrogen-bond acceptors (Lipinski definition) is 6. The molecular formula is C27H29ClF3NO5. The van der Waals surface area contributed by atoms with Crippen LogP contribution in [-0.4, -0.2) is 34.4 Å². The molecule has 0 unspecified atom stereocenters. The summed E-state index contributed by atoms with van der Waals surface area (Å²) in [7, 11) is 0. The van der Waals surface area contributed by atoms with Gasteiger partial charge in [-0.25, -0.2) is 4.98 Å². The van der Waals surface area contributed by atoms with Crippen LogP contribution in [0.5, 0.6) is 5.75 Å². The van der Waals surface area contributed by atoms with Crippen molar-refractivity contribution in [3.05, 3.63) is 46.6 Å². The first-order chi connectivity index (χ1) is 17.5. The minimum absolute atomic E-state index is 0.0214. The van der Waals surface area contributed by atoms with Gasteiger partial charge in [-0.3, -0.25) is 9.53 Å². The van der Waals surface area contributed by atoms with Crippen molar-refractivity contribution in [1.29, 1.82) is 0 Å². The smallest absolute Gasteiger partial charge is 0.482 e. The van der Waals surface area contributed by atoms with Gasteiger partial charge < -0.3 is 14.3 Å². The first kappa shape index (κ1) is 25.2. The lowest BCUT2D eigenvalue weighted by atomic mass is 9.52. The lowest BCUT2D eigenvalue weighted by Crippen LogP contribution is -2.46. The van der Waals surface area contributed by atoms with Crippen molar-refractivity contribution < 1.29 is 37.0 Å². The van der Waals surface area contributed by atoms with Gasteiger partial charge in [0.1, 0.15) is 11.5 Å². The van der Waals surface area contributed by atoms with Crippen molar-refractivity contribution in [2.24, 2.45) is 5.41 Å². The molecule has 4 aliphatic carbocycles. The predicted molar refractivity (Wildman–Crippen MR) is 126 cm³/mol. The van der Waals surface area contributed by atoms with E-state index in [1.54, 1.807) is 24.4 Å². The summed E-state index contributed by atoms with van der Waals surface area (Å²) in [4.78, 5) is 17.8. The number of carbonyl (C=O) groups is 1. The second-order valence-corrected chi connectivity index (χ2v) is 11.8. The number of oxazole rings is 1. The van der Waals surface area contributed by atoms with E-state index in [-0.39, 0.29) is 41.8 Å². The van der Waals surface area contributed by atoms with Crippen molar-refractivity contribution in [2.75, 3.05) is 0 Å². The van der Waals surface area contributed by atoms with Gasteiger partial charge >= 0.3 is 6.36 Å². The molecule has 0 saturated heterocycles. The van der Waals surface area contributed by atoms with E-state index in [1.807, 2.05) is 0 Å². The highest BCUT2D eigenvalue weighted by atomic mass is 35.5. The molecule has 4 saturated carbocycles. The van der Waals surface area contributed by atoms with Crippen LogP contribution in [0.2, 0.25) is 5.02 Å². The molecule has 200 valence electrons. The Kier molecular flexibility index (Phi) is 6.12. The molecule has 1 aromatic heterocycles. The van der Waals surface area contributed by atoms with E-state index in [0.717, 1.165) is 38.5 Å². The zero-order valence-electron chi connectivity index (χ0n) is 20.2. The topological polar surface area (TPSA) is 81.8 Å². The molecule has 2 aromatic rings. The molecule has 2 bridgehead atoms. The van der Waals surface area contributed by atoms with Crippen LogP contribution < -0.4 is 4.74 Å². The van der Waals surface area contributed by atoms with Crippen LogP contribution in [0.3, 0.4) is 0 Å².